The number of nitrogens with one attached hydrogen (secondary N) is 1. The first-order valence-electron chi connectivity index (χ1n) is 5.67. The Hall–Kier alpha value is -0.520. The van der Waals surface area contributed by atoms with Crippen LogP contribution in [0.1, 0.15) is 25.7 Å². The number of hydrogen-bond donors (Lipinski definition) is 1. The first-order valence-corrected chi connectivity index (χ1v) is 5.67. The smallest absolute Gasteiger partial charge is 0.0599 e. The third-order valence-electron chi connectivity index (χ3n) is 2.68. The third kappa shape index (κ3) is 5.26. The Bertz CT molecular complexity index is 179. The van der Waals surface area contributed by atoms with Crippen LogP contribution in [0.3, 0.4) is 0 Å². The fourth-order valence-corrected chi connectivity index (χ4v) is 1.67. The molecule has 0 heterocycles. The summed E-state index contributed by atoms with van der Waals surface area (Å²) in [6, 6.07) is 0. The Morgan fingerprint density at radius 1 is 1.43 bits per heavy atom. The van der Waals surface area contributed by atoms with E-state index in [4.69, 9.17) is 6.42 Å². The van der Waals surface area contributed by atoms with Crippen LogP contribution >= 0.6 is 0 Å². The van der Waals surface area contributed by atoms with Crippen molar-refractivity contribution in [3.05, 3.63) is 0 Å². The van der Waals surface area contributed by atoms with E-state index in [2.05, 4.69) is 16.1 Å². The monoisotopic (exact) mass is 194 g/mol. The van der Waals surface area contributed by atoms with Crippen molar-refractivity contribution in [2.24, 2.45) is 5.92 Å². The molecule has 1 N–H and O–H groups in total. The second kappa shape index (κ2) is 6.86. The van der Waals surface area contributed by atoms with Gasteiger partial charge in [-0.25, -0.2) is 0 Å². The summed E-state index contributed by atoms with van der Waals surface area (Å²) >= 11 is 0. The van der Waals surface area contributed by atoms with Crippen LogP contribution < -0.4 is 5.32 Å². The molecule has 1 aliphatic carbocycles. The number of terminal acetylenes is 1. The van der Waals surface area contributed by atoms with Crippen molar-refractivity contribution in [3.63, 3.8) is 0 Å². The van der Waals surface area contributed by atoms with Gasteiger partial charge in [0.25, 0.3) is 0 Å². The lowest BCUT2D eigenvalue weighted by Gasteiger charge is -2.19. The summed E-state index contributed by atoms with van der Waals surface area (Å²) in [5.41, 5.74) is 0. The largest absolute Gasteiger partial charge is 0.320 e. The molecule has 0 aromatic carbocycles. The lowest BCUT2D eigenvalue weighted by molar-refractivity contribution is 0.288. The molecule has 0 spiro atoms. The van der Waals surface area contributed by atoms with Crippen molar-refractivity contribution in [1.82, 2.24) is 10.2 Å². The van der Waals surface area contributed by atoms with Crippen molar-refractivity contribution in [2.45, 2.75) is 25.7 Å². The van der Waals surface area contributed by atoms with Gasteiger partial charge in [-0.05, 0) is 51.7 Å². The van der Waals surface area contributed by atoms with Gasteiger partial charge in [0.1, 0.15) is 0 Å². The fraction of sp³-hybridized carbons (Fsp3) is 0.833. The van der Waals surface area contributed by atoms with E-state index >= 15 is 0 Å². The van der Waals surface area contributed by atoms with Gasteiger partial charge in [0.2, 0.25) is 0 Å². The molecule has 80 valence electrons. The minimum atomic E-state index is 0.829. The molecule has 0 saturated heterocycles. The van der Waals surface area contributed by atoms with E-state index < -0.39 is 0 Å². The zero-order valence-electron chi connectivity index (χ0n) is 9.26. The maximum Gasteiger partial charge on any atom is 0.0599 e. The molecular weight excluding hydrogens is 172 g/mol. The fourth-order valence-electron chi connectivity index (χ4n) is 1.67. The van der Waals surface area contributed by atoms with Gasteiger partial charge in [0.15, 0.2) is 0 Å². The minimum Gasteiger partial charge on any atom is -0.320 e. The lowest BCUT2D eigenvalue weighted by atomic mass is 10.2. The summed E-state index contributed by atoms with van der Waals surface area (Å²) in [6.07, 6.45) is 10.7. The van der Waals surface area contributed by atoms with Gasteiger partial charge in [0.05, 0.1) is 6.54 Å². The average molecular weight is 194 g/mol. The maximum absolute atomic E-state index is 5.35. The molecule has 0 bridgehead atoms. The van der Waals surface area contributed by atoms with Crippen LogP contribution in [0, 0.1) is 18.3 Å². The predicted molar refractivity (Wildman–Crippen MR) is 61.2 cm³/mol. The van der Waals surface area contributed by atoms with Gasteiger partial charge >= 0.3 is 0 Å². The van der Waals surface area contributed by atoms with Crippen molar-refractivity contribution in [2.75, 3.05) is 33.2 Å². The topological polar surface area (TPSA) is 15.3 Å². The highest BCUT2D eigenvalue weighted by Crippen LogP contribution is 2.29. The van der Waals surface area contributed by atoms with Crippen LogP contribution in [-0.4, -0.2) is 38.1 Å². The van der Waals surface area contributed by atoms with Crippen molar-refractivity contribution in [3.8, 4) is 12.3 Å². The lowest BCUT2D eigenvalue weighted by Crippen LogP contribution is -2.28. The van der Waals surface area contributed by atoms with Crippen molar-refractivity contribution < 1.29 is 0 Å². The van der Waals surface area contributed by atoms with E-state index in [1.165, 1.54) is 38.8 Å². The molecule has 14 heavy (non-hydrogen) atoms. The summed E-state index contributed by atoms with van der Waals surface area (Å²) in [5.74, 6) is 3.70. The molecule has 0 radical (unpaired) electrons. The van der Waals surface area contributed by atoms with Gasteiger partial charge in [-0.15, -0.1) is 6.42 Å². The highest BCUT2D eigenvalue weighted by Gasteiger charge is 2.23. The third-order valence-corrected chi connectivity index (χ3v) is 2.68. The number of hydrogen-bond acceptors (Lipinski definition) is 2. The molecule has 2 nitrogen and oxygen atoms in total. The van der Waals surface area contributed by atoms with Crippen molar-refractivity contribution >= 4 is 0 Å². The summed E-state index contributed by atoms with van der Waals surface area (Å²) in [7, 11) is 2.00. The van der Waals surface area contributed by atoms with Crippen LogP contribution in [0.15, 0.2) is 0 Å². The van der Waals surface area contributed by atoms with E-state index in [1.54, 1.807) is 0 Å². The molecule has 0 aliphatic heterocycles. The van der Waals surface area contributed by atoms with E-state index in [0.717, 1.165) is 19.0 Å². The highest BCUT2D eigenvalue weighted by atomic mass is 15.1. The van der Waals surface area contributed by atoms with Crippen molar-refractivity contribution in [1.29, 1.82) is 0 Å². The first-order chi connectivity index (χ1) is 6.86. The summed E-state index contributed by atoms with van der Waals surface area (Å²) in [6.45, 7) is 4.34. The Kier molecular flexibility index (Phi) is 5.66. The zero-order valence-corrected chi connectivity index (χ0v) is 9.26. The van der Waals surface area contributed by atoms with Crippen LogP contribution in [-0.2, 0) is 0 Å². The Balaban J connectivity index is 2.04. The highest BCUT2D eigenvalue weighted by molar-refractivity contribution is 4.90. The molecule has 0 aromatic heterocycles. The first kappa shape index (κ1) is 11.6. The summed E-state index contributed by atoms with van der Waals surface area (Å²) in [5, 5.41) is 3.17. The Morgan fingerprint density at radius 3 is 2.79 bits per heavy atom. The molecule has 1 rings (SSSR count). The van der Waals surface area contributed by atoms with E-state index in [1.807, 2.05) is 7.05 Å². The van der Waals surface area contributed by atoms with Crippen LogP contribution in [0.4, 0.5) is 0 Å². The quantitative estimate of drug-likeness (QED) is 0.463. The molecular formula is C12H22N2. The molecule has 1 saturated carbocycles. The van der Waals surface area contributed by atoms with Gasteiger partial charge in [-0.3, -0.25) is 4.90 Å². The molecule has 1 fully saturated rings. The minimum absolute atomic E-state index is 0.829. The second-order valence-electron chi connectivity index (χ2n) is 4.19. The average Bonchev–Trinajstić information content (AvgIpc) is 2.96. The zero-order chi connectivity index (χ0) is 10.2. The van der Waals surface area contributed by atoms with E-state index in [9.17, 15) is 0 Å². The predicted octanol–water partition coefficient (Wildman–Crippen LogP) is 1.33. The SMILES string of the molecule is C#CCN(CCCCNC)CC1CC1. The second-order valence-corrected chi connectivity index (χ2v) is 4.19. The molecule has 0 unspecified atom stereocenters. The maximum atomic E-state index is 5.35. The van der Waals surface area contributed by atoms with Crippen LogP contribution in [0.5, 0.6) is 0 Å². The summed E-state index contributed by atoms with van der Waals surface area (Å²) in [4.78, 5) is 2.42. The molecule has 0 amide bonds. The molecule has 0 aromatic rings. The number of nitrogens with zero attached hydrogens (tertiary/aromatic N) is 1. The van der Waals surface area contributed by atoms with E-state index in [-0.39, 0.29) is 0 Å². The number of rotatable bonds is 8. The van der Waals surface area contributed by atoms with E-state index in [0.29, 0.717) is 0 Å². The Morgan fingerprint density at radius 2 is 2.21 bits per heavy atom. The molecule has 0 atom stereocenters. The molecule has 1 aliphatic rings. The van der Waals surface area contributed by atoms with Crippen LogP contribution in [0.2, 0.25) is 0 Å². The molecule has 2 heteroatoms. The summed E-state index contributed by atoms with van der Waals surface area (Å²) < 4.78 is 0. The van der Waals surface area contributed by atoms with Gasteiger partial charge in [-0.2, -0.15) is 0 Å². The normalized spacial score (nSPS) is 15.8. The standard InChI is InChI=1S/C12H22N2/c1-3-9-14(11-12-6-7-12)10-5-4-8-13-2/h1,12-13H,4-11H2,2H3. The van der Waals surface area contributed by atoms with Gasteiger partial charge in [0, 0.05) is 6.54 Å². The Labute approximate surface area is 88.1 Å². The number of unbranched alkanes of at least 4 members (excludes halogenated alkanes) is 1. The van der Waals surface area contributed by atoms with Gasteiger partial charge < -0.3 is 5.32 Å². The van der Waals surface area contributed by atoms with Crippen LogP contribution in [0.25, 0.3) is 0 Å². The van der Waals surface area contributed by atoms with Gasteiger partial charge in [-0.1, -0.05) is 5.92 Å².